The maximum absolute atomic E-state index is 5.51. The number of rotatable bonds is 2. The highest BCUT2D eigenvalue weighted by Gasteiger charge is 2.18. The monoisotopic (exact) mass is 275 g/mol. The summed E-state index contributed by atoms with van der Waals surface area (Å²) in [5, 5.41) is 3.25. The zero-order valence-electron chi connectivity index (χ0n) is 5.55. The molecule has 1 heterocycles. The first-order valence-corrected chi connectivity index (χ1v) is 4.86. The first kappa shape index (κ1) is 9.13. The van der Waals surface area contributed by atoms with Crippen LogP contribution in [0.1, 0.15) is 0 Å². The van der Waals surface area contributed by atoms with Crippen molar-refractivity contribution in [2.24, 2.45) is 0 Å². The Bertz CT molecular complexity index is 104. The number of alkyl halides is 1. The van der Waals surface area contributed by atoms with Crippen molar-refractivity contribution in [3.63, 3.8) is 0 Å². The van der Waals surface area contributed by atoms with Gasteiger partial charge in [-0.15, -0.1) is 0 Å². The van der Waals surface area contributed by atoms with Crippen molar-refractivity contribution in [3.8, 4) is 0 Å². The van der Waals surface area contributed by atoms with Gasteiger partial charge in [0.25, 0.3) is 0 Å². The zero-order valence-corrected chi connectivity index (χ0v) is 8.86. The van der Waals surface area contributed by atoms with Crippen LogP contribution in [0.5, 0.6) is 0 Å². The Labute approximate surface area is 76.6 Å². The molecule has 0 aromatic carbocycles. The summed E-state index contributed by atoms with van der Waals surface area (Å²) < 4.78 is 10.7. The molecule has 0 amide bonds. The van der Waals surface area contributed by atoms with Gasteiger partial charge in [0, 0.05) is 22.6 Å². The fourth-order valence-corrected chi connectivity index (χ4v) is 1.81. The predicted octanol–water partition coefficient (Wildman–Crippen LogP) is 0.543. The minimum absolute atomic E-state index is 0.216. The summed E-state index contributed by atoms with van der Waals surface area (Å²) in [6.45, 7) is 2.49. The van der Waals surface area contributed by atoms with Crippen LogP contribution in [0.25, 0.3) is 0 Å². The molecule has 0 radical (unpaired) electrons. The minimum atomic E-state index is 0.216. The molecule has 1 saturated heterocycles. The van der Waals surface area contributed by atoms with Gasteiger partial charge < -0.3 is 14.6 Å². The zero-order chi connectivity index (χ0) is 7.40. The number of ether oxygens (including phenoxy) is 1. The van der Waals surface area contributed by atoms with E-state index in [1.54, 1.807) is 0 Å². The van der Waals surface area contributed by atoms with E-state index in [4.69, 9.17) is 9.26 Å². The van der Waals surface area contributed by atoms with Crippen LogP contribution < -0.4 is 5.32 Å². The summed E-state index contributed by atoms with van der Waals surface area (Å²) in [6, 6.07) is 0. The SMILES string of the molecule is POCC1CNCC(I)O1. The van der Waals surface area contributed by atoms with Gasteiger partial charge in [-0.3, -0.25) is 0 Å². The van der Waals surface area contributed by atoms with E-state index in [0.29, 0.717) is 6.61 Å². The molecule has 5 heteroatoms. The Morgan fingerprint density at radius 3 is 3.10 bits per heavy atom. The first-order valence-electron chi connectivity index (χ1n) is 3.15. The molecule has 1 fully saturated rings. The van der Waals surface area contributed by atoms with Crippen molar-refractivity contribution in [2.45, 2.75) is 10.2 Å². The van der Waals surface area contributed by atoms with Crippen LogP contribution in [-0.4, -0.2) is 29.9 Å². The lowest BCUT2D eigenvalue weighted by Gasteiger charge is -2.26. The second-order valence-corrected chi connectivity index (χ2v) is 3.88. The molecule has 0 aromatic rings. The van der Waals surface area contributed by atoms with Gasteiger partial charge in [-0.2, -0.15) is 0 Å². The van der Waals surface area contributed by atoms with Gasteiger partial charge in [0.05, 0.1) is 12.7 Å². The number of halogens is 1. The van der Waals surface area contributed by atoms with Crippen LogP contribution in [0.4, 0.5) is 0 Å². The molecule has 10 heavy (non-hydrogen) atoms. The van der Waals surface area contributed by atoms with E-state index >= 15 is 0 Å². The summed E-state index contributed by atoms with van der Waals surface area (Å²) in [6.07, 6.45) is 0.216. The lowest BCUT2D eigenvalue weighted by molar-refractivity contribution is -0.00544. The van der Waals surface area contributed by atoms with Gasteiger partial charge in [0.2, 0.25) is 0 Å². The Balaban J connectivity index is 2.18. The number of nitrogens with one attached hydrogen (secondary N) is 1. The molecular weight excluding hydrogens is 264 g/mol. The van der Waals surface area contributed by atoms with Crippen LogP contribution in [-0.2, 0) is 9.26 Å². The molecule has 1 aliphatic rings. The Kier molecular flexibility index (Phi) is 4.41. The minimum Gasteiger partial charge on any atom is -0.363 e. The lowest BCUT2D eigenvalue weighted by Crippen LogP contribution is -2.43. The molecule has 0 bridgehead atoms. The lowest BCUT2D eigenvalue weighted by atomic mass is 10.3. The molecule has 3 unspecified atom stereocenters. The quantitative estimate of drug-likeness (QED) is 0.453. The standard InChI is InChI=1S/C5H11INO2P/c6-5-2-7-1-4(9-5)3-8-10/h4-5,7H,1-3,10H2. The smallest absolute Gasteiger partial charge is 0.121 e. The van der Waals surface area contributed by atoms with Crippen LogP contribution in [0, 0.1) is 0 Å². The van der Waals surface area contributed by atoms with Crippen LogP contribution in [0.3, 0.4) is 0 Å². The van der Waals surface area contributed by atoms with E-state index in [-0.39, 0.29) is 10.2 Å². The molecule has 3 atom stereocenters. The Hall–Kier alpha value is 1.04. The fraction of sp³-hybridized carbons (Fsp3) is 1.00. The molecule has 0 aliphatic carbocycles. The topological polar surface area (TPSA) is 30.5 Å². The van der Waals surface area contributed by atoms with E-state index in [1.807, 2.05) is 0 Å². The number of hydrogen-bond donors (Lipinski definition) is 1. The van der Waals surface area contributed by atoms with Gasteiger partial charge in [-0.25, -0.2) is 0 Å². The predicted molar refractivity (Wildman–Crippen MR) is 51.2 cm³/mol. The van der Waals surface area contributed by atoms with Crippen molar-refractivity contribution in [3.05, 3.63) is 0 Å². The van der Waals surface area contributed by atoms with Crippen LogP contribution in [0.15, 0.2) is 0 Å². The molecule has 1 aliphatic heterocycles. The van der Waals surface area contributed by atoms with Gasteiger partial charge in [0.15, 0.2) is 0 Å². The van der Waals surface area contributed by atoms with E-state index in [9.17, 15) is 0 Å². The van der Waals surface area contributed by atoms with Gasteiger partial charge >= 0.3 is 0 Å². The van der Waals surface area contributed by atoms with Crippen molar-refractivity contribution >= 4 is 32.1 Å². The third kappa shape index (κ3) is 2.96. The molecular formula is C5H11INO2P. The fourth-order valence-electron chi connectivity index (χ4n) is 0.868. The molecule has 1 N–H and O–H groups in total. The van der Waals surface area contributed by atoms with Crippen molar-refractivity contribution < 1.29 is 9.26 Å². The van der Waals surface area contributed by atoms with E-state index in [2.05, 4.69) is 37.4 Å². The van der Waals surface area contributed by atoms with E-state index < -0.39 is 0 Å². The number of hydrogen-bond acceptors (Lipinski definition) is 3. The summed E-state index contributed by atoms with van der Waals surface area (Å²) in [7, 11) is 2.23. The maximum Gasteiger partial charge on any atom is 0.121 e. The third-order valence-electron chi connectivity index (χ3n) is 1.30. The average Bonchev–Trinajstić information content (AvgIpc) is 1.88. The molecule has 1 rings (SSSR count). The van der Waals surface area contributed by atoms with Gasteiger partial charge in [-0.1, -0.05) is 0 Å². The van der Waals surface area contributed by atoms with Crippen LogP contribution in [0.2, 0.25) is 0 Å². The third-order valence-corrected chi connectivity index (χ3v) is 2.23. The second-order valence-electron chi connectivity index (χ2n) is 2.16. The number of morpholine rings is 1. The highest BCUT2D eigenvalue weighted by atomic mass is 127. The molecule has 0 saturated carbocycles. The molecule has 0 aromatic heterocycles. The maximum atomic E-state index is 5.51. The molecule has 3 nitrogen and oxygen atoms in total. The highest BCUT2D eigenvalue weighted by molar-refractivity contribution is 14.1. The second kappa shape index (κ2) is 4.83. The average molecular weight is 275 g/mol. The van der Waals surface area contributed by atoms with Crippen molar-refractivity contribution in [1.29, 1.82) is 0 Å². The van der Waals surface area contributed by atoms with Crippen LogP contribution >= 0.6 is 32.1 Å². The summed E-state index contributed by atoms with van der Waals surface area (Å²) in [5.41, 5.74) is 0. The van der Waals surface area contributed by atoms with Gasteiger partial charge in [0.1, 0.15) is 4.11 Å². The Morgan fingerprint density at radius 2 is 2.50 bits per heavy atom. The van der Waals surface area contributed by atoms with Gasteiger partial charge in [-0.05, 0) is 22.6 Å². The van der Waals surface area contributed by atoms with E-state index in [0.717, 1.165) is 13.1 Å². The van der Waals surface area contributed by atoms with Crippen molar-refractivity contribution in [1.82, 2.24) is 5.32 Å². The normalized spacial score (nSPS) is 34.2. The largest absolute Gasteiger partial charge is 0.363 e. The first-order chi connectivity index (χ1) is 4.83. The summed E-state index contributed by atoms with van der Waals surface area (Å²) >= 11 is 2.26. The highest BCUT2D eigenvalue weighted by Crippen LogP contribution is 2.10. The summed E-state index contributed by atoms with van der Waals surface area (Å²) in [4.78, 5) is 0. The van der Waals surface area contributed by atoms with Crippen molar-refractivity contribution in [2.75, 3.05) is 19.7 Å². The van der Waals surface area contributed by atoms with E-state index in [1.165, 1.54) is 0 Å². The summed E-state index contributed by atoms with van der Waals surface area (Å²) in [5.74, 6) is 0. The molecule has 60 valence electrons. The Morgan fingerprint density at radius 1 is 1.70 bits per heavy atom. The molecule has 0 spiro atoms.